The Balaban J connectivity index is 1.50. The summed E-state index contributed by atoms with van der Waals surface area (Å²) in [6, 6.07) is 7.12. The van der Waals surface area contributed by atoms with Gasteiger partial charge >= 0.3 is 0 Å². The Morgan fingerprint density at radius 3 is 2.57 bits per heavy atom. The van der Waals surface area contributed by atoms with Gasteiger partial charge in [0.05, 0.1) is 0 Å². The monoisotopic (exact) mass is 451 g/mol. The van der Waals surface area contributed by atoms with Gasteiger partial charge in [0.2, 0.25) is 10.0 Å². The van der Waals surface area contributed by atoms with E-state index in [-0.39, 0.29) is 24.1 Å². The number of carbonyl (C=O) groups excluding carboxylic acids is 2. The highest BCUT2D eigenvalue weighted by Gasteiger charge is 2.55. The Bertz CT molecular complexity index is 1120. The zero-order valence-electron chi connectivity index (χ0n) is 16.4. The summed E-state index contributed by atoms with van der Waals surface area (Å²) in [5.41, 5.74) is 1.98. The third-order valence-corrected chi connectivity index (χ3v) is 7.73. The molecule has 2 heterocycles. The minimum Gasteiger partial charge on any atom is -0.347 e. The summed E-state index contributed by atoms with van der Waals surface area (Å²) >= 11 is 5.87. The van der Waals surface area contributed by atoms with Gasteiger partial charge in [-0.25, -0.2) is 13.6 Å². The van der Waals surface area contributed by atoms with Crippen LogP contribution in [-0.4, -0.2) is 52.7 Å². The maximum Gasteiger partial charge on any atom is 0.272 e. The summed E-state index contributed by atoms with van der Waals surface area (Å²) in [5.74, 6) is -0.704. The molecule has 0 bridgehead atoms. The highest BCUT2D eigenvalue weighted by molar-refractivity contribution is 7.90. The van der Waals surface area contributed by atoms with E-state index >= 15 is 0 Å². The first-order chi connectivity index (χ1) is 14.1. The Hall–Kier alpha value is -2.43. The van der Waals surface area contributed by atoms with Crippen molar-refractivity contribution < 1.29 is 18.0 Å². The predicted molar refractivity (Wildman–Crippen MR) is 111 cm³/mol. The number of nitrogens with zero attached hydrogens (tertiary/aromatic N) is 3. The van der Waals surface area contributed by atoms with Crippen LogP contribution in [0.3, 0.4) is 0 Å². The molecule has 0 atom stereocenters. The third-order valence-electron chi connectivity index (χ3n) is 5.74. The van der Waals surface area contributed by atoms with Crippen LogP contribution < -0.4 is 10.5 Å². The molecule has 2 amide bonds. The van der Waals surface area contributed by atoms with Crippen molar-refractivity contribution in [2.45, 2.75) is 30.6 Å². The van der Waals surface area contributed by atoms with Gasteiger partial charge in [0.25, 0.3) is 11.8 Å². The first kappa shape index (κ1) is 20.8. The molecule has 0 spiro atoms. The number of carbonyl (C=O) groups is 2. The van der Waals surface area contributed by atoms with Crippen LogP contribution in [0, 0.1) is 0 Å². The number of benzene rings is 1. The molecule has 2 aliphatic rings. The molecular formula is C19H22ClN5O4S. The highest BCUT2D eigenvalue weighted by Crippen LogP contribution is 2.43. The van der Waals surface area contributed by atoms with Crippen molar-refractivity contribution in [3.05, 3.63) is 51.8 Å². The fourth-order valence-corrected chi connectivity index (χ4v) is 4.92. The first-order valence-corrected chi connectivity index (χ1v) is 11.4. The van der Waals surface area contributed by atoms with Gasteiger partial charge in [-0.3, -0.25) is 14.3 Å². The van der Waals surface area contributed by atoms with Crippen molar-refractivity contribution >= 4 is 33.4 Å². The van der Waals surface area contributed by atoms with Gasteiger partial charge < -0.3 is 10.2 Å². The summed E-state index contributed by atoms with van der Waals surface area (Å²) in [5, 5.41) is 13.0. The van der Waals surface area contributed by atoms with Crippen molar-refractivity contribution in [1.82, 2.24) is 20.0 Å². The molecule has 1 fully saturated rings. The minimum atomic E-state index is -3.73. The van der Waals surface area contributed by atoms with Crippen molar-refractivity contribution in [3.8, 4) is 0 Å². The number of hydrogen-bond acceptors (Lipinski definition) is 5. The van der Waals surface area contributed by atoms with Crippen molar-refractivity contribution in [1.29, 1.82) is 0 Å². The van der Waals surface area contributed by atoms with Gasteiger partial charge in [0.15, 0.2) is 5.69 Å². The molecule has 1 aliphatic heterocycles. The maximum atomic E-state index is 13.0. The van der Waals surface area contributed by atoms with Crippen molar-refractivity contribution in [2.24, 2.45) is 12.2 Å². The molecule has 0 radical (unpaired) electrons. The second-order valence-electron chi connectivity index (χ2n) is 7.81. The van der Waals surface area contributed by atoms with Crippen LogP contribution in [0.5, 0.6) is 0 Å². The molecule has 11 heteroatoms. The second-order valence-corrected chi connectivity index (χ2v) is 10.2. The van der Waals surface area contributed by atoms with Crippen LogP contribution in [-0.2, 0) is 30.0 Å². The lowest BCUT2D eigenvalue weighted by molar-refractivity contribution is 0.0724. The standard InChI is InChI=1S/C19H22ClN5O4S/c1-24-16-14(6-9-25(18(16)27)11-19(7-8-19)30(21,28)29)15(23-24)17(26)22-10-12-2-4-13(20)5-3-12/h2-5H,6-11H2,1H3,(H,22,26)(H2,21,28,29). The van der Waals surface area contributed by atoms with E-state index in [0.717, 1.165) is 5.56 Å². The Morgan fingerprint density at radius 2 is 1.97 bits per heavy atom. The minimum absolute atomic E-state index is 0.0629. The summed E-state index contributed by atoms with van der Waals surface area (Å²) in [6.07, 6.45) is 1.32. The largest absolute Gasteiger partial charge is 0.347 e. The molecule has 160 valence electrons. The van der Waals surface area contributed by atoms with E-state index in [9.17, 15) is 18.0 Å². The molecule has 0 unspecified atom stereocenters. The highest BCUT2D eigenvalue weighted by atomic mass is 35.5. The Labute approximate surface area is 179 Å². The zero-order chi connectivity index (χ0) is 21.7. The van der Waals surface area contributed by atoms with Crippen LogP contribution in [0.2, 0.25) is 5.02 Å². The van der Waals surface area contributed by atoms with Gasteiger partial charge in [0.1, 0.15) is 10.4 Å². The number of rotatable bonds is 6. The van der Waals surface area contributed by atoms with Gasteiger partial charge in [-0.05, 0) is 37.0 Å². The molecule has 9 nitrogen and oxygen atoms in total. The van der Waals surface area contributed by atoms with Crippen LogP contribution >= 0.6 is 11.6 Å². The summed E-state index contributed by atoms with van der Waals surface area (Å²) in [7, 11) is -2.13. The third kappa shape index (κ3) is 3.70. The summed E-state index contributed by atoms with van der Waals surface area (Å²) in [4.78, 5) is 27.2. The number of nitrogens with one attached hydrogen (secondary N) is 1. The fourth-order valence-electron chi connectivity index (χ4n) is 3.79. The molecule has 2 aromatic rings. The topological polar surface area (TPSA) is 127 Å². The van der Waals surface area contributed by atoms with Crippen LogP contribution in [0.15, 0.2) is 24.3 Å². The number of sulfonamides is 1. The number of nitrogens with two attached hydrogens (primary N) is 1. The molecule has 1 aromatic heterocycles. The lowest BCUT2D eigenvalue weighted by atomic mass is 10.0. The average Bonchev–Trinajstić information content (AvgIpc) is 3.40. The molecular weight excluding hydrogens is 430 g/mol. The van der Waals surface area contributed by atoms with E-state index in [0.29, 0.717) is 48.6 Å². The number of primary sulfonamides is 1. The van der Waals surface area contributed by atoms with Crippen LogP contribution in [0.4, 0.5) is 0 Å². The Morgan fingerprint density at radius 1 is 1.30 bits per heavy atom. The number of halogens is 1. The molecule has 0 saturated heterocycles. The summed E-state index contributed by atoms with van der Waals surface area (Å²) in [6.45, 7) is 0.679. The van der Waals surface area contributed by atoms with Crippen molar-refractivity contribution in [2.75, 3.05) is 13.1 Å². The van der Waals surface area contributed by atoms with E-state index < -0.39 is 14.8 Å². The first-order valence-electron chi connectivity index (χ1n) is 9.51. The lowest BCUT2D eigenvalue weighted by Crippen LogP contribution is -2.47. The smallest absolute Gasteiger partial charge is 0.272 e. The summed E-state index contributed by atoms with van der Waals surface area (Å²) < 4.78 is 24.1. The molecule has 4 rings (SSSR count). The second kappa shape index (κ2) is 7.36. The maximum absolute atomic E-state index is 13.0. The van der Waals surface area contributed by atoms with Gasteiger partial charge in [0, 0.05) is 37.3 Å². The van der Waals surface area contributed by atoms with E-state index in [1.54, 1.807) is 19.2 Å². The molecule has 30 heavy (non-hydrogen) atoms. The number of amides is 2. The van der Waals surface area contributed by atoms with E-state index in [2.05, 4.69) is 10.4 Å². The number of aromatic nitrogens is 2. The molecule has 1 aromatic carbocycles. The number of hydrogen-bond donors (Lipinski definition) is 2. The fraction of sp³-hybridized carbons (Fsp3) is 0.421. The van der Waals surface area contributed by atoms with E-state index in [1.165, 1.54) is 9.58 Å². The predicted octanol–water partition coefficient (Wildman–Crippen LogP) is 0.823. The average molecular weight is 452 g/mol. The van der Waals surface area contributed by atoms with Gasteiger partial charge in [-0.1, -0.05) is 23.7 Å². The van der Waals surface area contributed by atoms with Gasteiger partial charge in [-0.15, -0.1) is 0 Å². The molecule has 1 aliphatic carbocycles. The molecule has 3 N–H and O–H groups in total. The quantitative estimate of drug-likeness (QED) is 0.672. The van der Waals surface area contributed by atoms with E-state index in [4.69, 9.17) is 16.7 Å². The SMILES string of the molecule is Cn1nc(C(=O)NCc2ccc(Cl)cc2)c2c1C(=O)N(CC1(S(N)(=O)=O)CC1)CC2. The number of fused-ring (bicyclic) bond motifs is 1. The normalized spacial score (nSPS) is 17.6. The van der Waals surface area contributed by atoms with Crippen LogP contribution in [0.25, 0.3) is 0 Å². The number of aryl methyl sites for hydroxylation is 1. The van der Waals surface area contributed by atoms with Crippen molar-refractivity contribution in [3.63, 3.8) is 0 Å². The Kier molecular flexibility index (Phi) is 5.11. The van der Waals surface area contributed by atoms with E-state index in [1.807, 2.05) is 12.1 Å². The van der Waals surface area contributed by atoms with Gasteiger partial charge in [-0.2, -0.15) is 5.10 Å². The van der Waals surface area contributed by atoms with Crippen LogP contribution in [0.1, 0.15) is 44.9 Å². The molecule has 1 saturated carbocycles. The zero-order valence-corrected chi connectivity index (χ0v) is 18.0. The lowest BCUT2D eigenvalue weighted by Gasteiger charge is -2.30.